The summed E-state index contributed by atoms with van der Waals surface area (Å²) in [7, 11) is 1.41. The Morgan fingerprint density at radius 1 is 0.955 bits per heavy atom. The van der Waals surface area contributed by atoms with Gasteiger partial charge in [-0.15, -0.1) is 0 Å². The Hall–Kier alpha value is -5.89. The number of piperazine rings is 1. The molecule has 364 valence electrons. The normalized spacial score (nSPS) is 29.8. The molecule has 6 N–H and O–H groups in total. The highest BCUT2D eigenvalue weighted by Gasteiger charge is 2.50. The van der Waals surface area contributed by atoms with Crippen molar-refractivity contribution in [3.8, 4) is 23.0 Å². The van der Waals surface area contributed by atoms with Gasteiger partial charge in [-0.2, -0.15) is 13.2 Å². The van der Waals surface area contributed by atoms with Gasteiger partial charge in [0.2, 0.25) is 0 Å². The van der Waals surface area contributed by atoms with Crippen LogP contribution in [0.25, 0.3) is 10.8 Å². The van der Waals surface area contributed by atoms with E-state index in [0.717, 1.165) is 12.3 Å². The van der Waals surface area contributed by atoms with Crippen LogP contribution in [0.2, 0.25) is 0 Å². The molecule has 4 aliphatic rings. The first-order valence-corrected chi connectivity index (χ1v) is 22.0. The van der Waals surface area contributed by atoms with Crippen LogP contribution < -0.4 is 15.0 Å². The second kappa shape index (κ2) is 19.8. The number of esters is 1. The van der Waals surface area contributed by atoms with Crippen molar-refractivity contribution in [2.75, 3.05) is 43.5 Å². The summed E-state index contributed by atoms with van der Waals surface area (Å²) in [6, 6.07) is 2.16. The molecule has 3 aromatic rings. The summed E-state index contributed by atoms with van der Waals surface area (Å²) in [5.74, 6) is -9.26. The van der Waals surface area contributed by atoms with Crippen LogP contribution >= 0.6 is 0 Å². The fraction of sp³-hybridized carbons (Fsp3) is 0.500. The third-order valence-electron chi connectivity index (χ3n) is 13.2. The Kier molecular flexibility index (Phi) is 14.9. The number of rotatable bonds is 5. The summed E-state index contributed by atoms with van der Waals surface area (Å²) in [5, 5.41) is 61.1. The molecule has 0 saturated carbocycles. The van der Waals surface area contributed by atoms with Gasteiger partial charge in [0.1, 0.15) is 29.2 Å². The second-order valence-electron chi connectivity index (χ2n) is 17.8. The van der Waals surface area contributed by atoms with Crippen LogP contribution in [0, 0.1) is 30.6 Å². The standard InChI is InChI=1S/C48H59F3N4O12/c1-23-12-10-13-24(2)46(63)53-36-30(22-54-17-19-55(20-18-54)45-31(48(49,50)51)14-11-16-52-45)40(60)33-34(41(36)61)39(59)28(6)43-35(33)44(62)47(8,67-43)65-21-15-32(64-9)25(3)42(66-29(7)56)27(5)38(58)26(4)37(23)57/h10-16,21,23,25-27,32,37-38,42,57-61H,17-20,22H2,1-9H3,(H,53,63)/b12-10+,21-15+,24-13-/t23-,25+,26+,27+,32-,37-,38+,42+,47-/m0/s1. The second-order valence-corrected chi connectivity index (χ2v) is 17.8. The Morgan fingerprint density at radius 3 is 2.25 bits per heavy atom. The predicted octanol–water partition coefficient (Wildman–Crippen LogP) is 6.49. The van der Waals surface area contributed by atoms with Crippen molar-refractivity contribution in [1.29, 1.82) is 0 Å². The molecule has 1 aromatic heterocycles. The van der Waals surface area contributed by atoms with Gasteiger partial charge in [-0.25, -0.2) is 4.98 Å². The number of aromatic nitrogens is 1. The summed E-state index contributed by atoms with van der Waals surface area (Å²) >= 11 is 0. The van der Waals surface area contributed by atoms with Crippen LogP contribution in [0.5, 0.6) is 23.0 Å². The monoisotopic (exact) mass is 940 g/mol. The minimum Gasteiger partial charge on any atom is -0.507 e. The molecule has 5 heterocycles. The maximum Gasteiger partial charge on any atom is 0.419 e. The number of ketones is 1. The van der Waals surface area contributed by atoms with E-state index in [9.17, 15) is 53.1 Å². The molecule has 19 heteroatoms. The number of nitrogens with zero attached hydrogens (tertiary/aromatic N) is 3. The zero-order chi connectivity index (χ0) is 49.4. The minimum atomic E-state index is -4.65. The van der Waals surface area contributed by atoms with E-state index in [4.69, 9.17) is 18.9 Å². The molecule has 2 aromatic carbocycles. The van der Waals surface area contributed by atoms with Crippen molar-refractivity contribution >= 4 is 39.9 Å². The molecular formula is C48H59F3N4O12. The average molecular weight is 941 g/mol. The number of nitrogens with one attached hydrogen (secondary N) is 1. The van der Waals surface area contributed by atoms with Crippen molar-refractivity contribution < 1.29 is 72.0 Å². The first kappa shape index (κ1) is 50.5. The largest absolute Gasteiger partial charge is 0.507 e. The van der Waals surface area contributed by atoms with Gasteiger partial charge in [0.25, 0.3) is 11.7 Å². The SMILES string of the molecule is CO[C@H]1/C=C/O[C@@]2(C)Oc3c(C)c(O)c4c(O)c(c(CN5CCN(c6ncccc6C(F)(F)F)CC5)c(O)c4c3C2=O)NC(=O)/C(C)=C\C=C\[C@H](C)[C@H](O)[C@@H](C)[C@@H](O)[C@@H](C)[C@H](OC(C)=O)[C@@H]1C. The number of phenols is 3. The van der Waals surface area contributed by atoms with Gasteiger partial charge in [0.15, 0.2) is 5.75 Å². The number of ether oxygens (including phenoxy) is 4. The van der Waals surface area contributed by atoms with Gasteiger partial charge in [-0.1, -0.05) is 45.9 Å². The zero-order valence-corrected chi connectivity index (χ0v) is 38.8. The number of aliphatic hydroxyl groups excluding tert-OH is 2. The number of anilines is 2. The maximum atomic E-state index is 14.6. The third-order valence-corrected chi connectivity index (χ3v) is 13.2. The van der Waals surface area contributed by atoms with E-state index in [1.54, 1.807) is 38.7 Å². The van der Waals surface area contributed by atoms with Crippen molar-refractivity contribution in [3.05, 3.63) is 76.7 Å². The first-order valence-electron chi connectivity index (χ1n) is 22.0. The lowest BCUT2D eigenvalue weighted by molar-refractivity contribution is -0.160. The lowest BCUT2D eigenvalue weighted by Gasteiger charge is -2.38. The average Bonchev–Trinajstić information content (AvgIpc) is 3.55. The fourth-order valence-electron chi connectivity index (χ4n) is 9.15. The quantitative estimate of drug-likeness (QED) is 0.0915. The van der Waals surface area contributed by atoms with E-state index in [2.05, 4.69) is 10.3 Å². The number of aromatic hydroxyl groups is 3. The van der Waals surface area contributed by atoms with Crippen LogP contribution in [0.15, 0.2) is 54.5 Å². The molecule has 0 spiro atoms. The smallest absolute Gasteiger partial charge is 0.419 e. The summed E-state index contributed by atoms with van der Waals surface area (Å²) in [5.41, 5.74) is -1.42. The number of amides is 1. The van der Waals surface area contributed by atoms with Crippen LogP contribution in [0.3, 0.4) is 0 Å². The van der Waals surface area contributed by atoms with E-state index < -0.39 is 101 Å². The van der Waals surface area contributed by atoms with Crippen molar-refractivity contribution in [1.82, 2.24) is 9.88 Å². The van der Waals surface area contributed by atoms with Gasteiger partial charge in [-0.05, 0) is 32.1 Å². The van der Waals surface area contributed by atoms with Crippen molar-refractivity contribution in [2.45, 2.75) is 98.3 Å². The number of carbonyl (C=O) groups is 3. The predicted molar refractivity (Wildman–Crippen MR) is 241 cm³/mol. The number of benzene rings is 2. The van der Waals surface area contributed by atoms with Crippen molar-refractivity contribution in [2.24, 2.45) is 23.7 Å². The molecule has 1 amide bonds. The minimum absolute atomic E-state index is 0.00631. The third kappa shape index (κ3) is 9.91. The Balaban J connectivity index is 1.47. The molecule has 1 saturated heterocycles. The molecule has 16 nitrogen and oxygen atoms in total. The molecule has 0 unspecified atom stereocenters. The van der Waals surface area contributed by atoms with E-state index >= 15 is 0 Å². The molecule has 1 fully saturated rings. The van der Waals surface area contributed by atoms with Crippen LogP contribution in [0.4, 0.5) is 24.7 Å². The van der Waals surface area contributed by atoms with Gasteiger partial charge in [0.05, 0.1) is 46.8 Å². The number of aliphatic hydroxyl groups is 2. The number of carbonyl (C=O) groups excluding carboxylic acids is 3. The number of allylic oxidation sites excluding steroid dienone is 2. The summed E-state index contributed by atoms with van der Waals surface area (Å²) in [6.45, 7) is 12.5. The molecular weight excluding hydrogens is 882 g/mol. The number of hydrogen-bond acceptors (Lipinski definition) is 15. The van der Waals surface area contributed by atoms with Gasteiger partial charge in [-0.3, -0.25) is 19.3 Å². The lowest BCUT2D eigenvalue weighted by atomic mass is 9.78. The van der Waals surface area contributed by atoms with Crippen LogP contribution in [0.1, 0.15) is 75.5 Å². The fourth-order valence-corrected chi connectivity index (χ4v) is 9.15. The van der Waals surface area contributed by atoms with E-state index in [1.807, 2.05) is 0 Å². The van der Waals surface area contributed by atoms with Gasteiger partial charge in [0, 0.05) is 106 Å². The zero-order valence-electron chi connectivity index (χ0n) is 38.8. The number of hydrogen-bond donors (Lipinski definition) is 6. The number of fused-ring (bicyclic) bond motifs is 14. The summed E-state index contributed by atoms with van der Waals surface area (Å²) < 4.78 is 65.4. The molecule has 0 radical (unpaired) electrons. The topological polar surface area (TPSA) is 221 Å². The summed E-state index contributed by atoms with van der Waals surface area (Å²) in [6.07, 6.45) is -0.214. The van der Waals surface area contributed by atoms with Gasteiger partial charge < -0.3 is 54.7 Å². The molecule has 7 rings (SSSR count). The first-order chi connectivity index (χ1) is 31.4. The Labute approximate surface area is 386 Å². The molecule has 9 atom stereocenters. The van der Waals surface area contributed by atoms with Gasteiger partial charge >= 0.3 is 17.9 Å². The summed E-state index contributed by atoms with van der Waals surface area (Å²) in [4.78, 5) is 48.2. The molecule has 4 aliphatic heterocycles. The Bertz CT molecular complexity index is 2490. The van der Waals surface area contributed by atoms with Crippen LogP contribution in [-0.2, 0) is 36.5 Å². The molecule has 0 aliphatic carbocycles. The Morgan fingerprint density at radius 2 is 1.63 bits per heavy atom. The number of alkyl halides is 3. The molecule has 5 bridgehead atoms. The molecule has 67 heavy (non-hydrogen) atoms. The van der Waals surface area contributed by atoms with E-state index in [1.165, 1.54) is 70.2 Å². The van der Waals surface area contributed by atoms with Crippen molar-refractivity contribution in [3.63, 3.8) is 0 Å². The number of methoxy groups -OCH3 is 1. The van der Waals surface area contributed by atoms with Crippen LogP contribution in [-0.4, -0.2) is 117 Å². The lowest BCUT2D eigenvalue weighted by Crippen LogP contribution is -2.46. The highest BCUT2D eigenvalue weighted by molar-refractivity contribution is 6.22. The van der Waals surface area contributed by atoms with E-state index in [0.29, 0.717) is 0 Å². The highest BCUT2D eigenvalue weighted by atomic mass is 19.4. The number of phenolic OH excluding ortho intramolecular Hbond substituents is 3. The van der Waals surface area contributed by atoms with E-state index in [-0.39, 0.29) is 83.0 Å². The maximum absolute atomic E-state index is 14.6. The number of pyridine rings is 1. The number of halogens is 3. The highest BCUT2D eigenvalue weighted by Crippen LogP contribution is 2.55. The number of Topliss-reactive ketones (excluding diaryl/α,β-unsaturated/α-hetero) is 1.